The lowest BCUT2D eigenvalue weighted by molar-refractivity contribution is 0.530. The van der Waals surface area contributed by atoms with Crippen LogP contribution >= 0.6 is 10.7 Å². The van der Waals surface area contributed by atoms with Crippen LogP contribution in [0.3, 0.4) is 0 Å². The Hall–Kier alpha value is -1.47. The Balaban J connectivity index is 2.73. The molecule has 5 nitrogen and oxygen atoms in total. The standard InChI is InChI=1S/C12H13ClFN3O2S/c1-7(2)17-11(15-16-12(17)20(13,18)19)10-5-4-9(14)6-8(10)3/h4-7H,1-3H3. The molecule has 2 aromatic rings. The molecule has 0 unspecified atom stereocenters. The number of hydrogen-bond acceptors (Lipinski definition) is 4. The summed E-state index contributed by atoms with van der Waals surface area (Å²) in [6, 6.07) is 3.96. The maximum atomic E-state index is 13.2. The molecule has 0 aliphatic heterocycles. The zero-order chi connectivity index (χ0) is 15.1. The summed E-state index contributed by atoms with van der Waals surface area (Å²) >= 11 is 0. The molecule has 0 atom stereocenters. The minimum Gasteiger partial charge on any atom is -0.294 e. The molecule has 0 radical (unpaired) electrons. The summed E-state index contributed by atoms with van der Waals surface area (Å²) in [6.45, 7) is 5.29. The van der Waals surface area contributed by atoms with Crippen LogP contribution in [-0.2, 0) is 9.05 Å². The van der Waals surface area contributed by atoms with Gasteiger partial charge in [0.25, 0.3) is 14.2 Å². The third kappa shape index (κ3) is 2.69. The van der Waals surface area contributed by atoms with E-state index in [4.69, 9.17) is 10.7 Å². The number of halogens is 2. The SMILES string of the molecule is Cc1cc(F)ccc1-c1nnc(S(=O)(=O)Cl)n1C(C)C. The highest BCUT2D eigenvalue weighted by Gasteiger charge is 2.25. The highest BCUT2D eigenvalue weighted by Crippen LogP contribution is 2.28. The van der Waals surface area contributed by atoms with E-state index in [2.05, 4.69) is 10.2 Å². The first-order valence-corrected chi connectivity index (χ1v) is 8.19. The molecule has 0 fully saturated rings. The second-order valence-electron chi connectivity index (χ2n) is 4.67. The van der Waals surface area contributed by atoms with Crippen LogP contribution in [-0.4, -0.2) is 23.2 Å². The minimum absolute atomic E-state index is 0.215. The van der Waals surface area contributed by atoms with Crippen molar-refractivity contribution in [3.8, 4) is 11.4 Å². The molecule has 8 heteroatoms. The molecule has 0 bridgehead atoms. The van der Waals surface area contributed by atoms with Crippen molar-refractivity contribution in [2.24, 2.45) is 0 Å². The predicted molar refractivity (Wildman–Crippen MR) is 73.6 cm³/mol. The van der Waals surface area contributed by atoms with Gasteiger partial charge in [0.05, 0.1) is 0 Å². The first-order valence-electron chi connectivity index (χ1n) is 5.88. The first-order chi connectivity index (χ1) is 9.21. The number of benzene rings is 1. The van der Waals surface area contributed by atoms with Crippen LogP contribution in [0.4, 0.5) is 4.39 Å². The van der Waals surface area contributed by atoms with Crippen LogP contribution in [0, 0.1) is 12.7 Å². The molecule has 0 aliphatic rings. The van der Waals surface area contributed by atoms with Gasteiger partial charge in [-0.25, -0.2) is 12.8 Å². The van der Waals surface area contributed by atoms with Crippen molar-refractivity contribution in [3.05, 3.63) is 29.6 Å². The number of hydrogen-bond donors (Lipinski definition) is 0. The molecule has 2 rings (SSSR count). The van der Waals surface area contributed by atoms with Gasteiger partial charge in [-0.3, -0.25) is 4.57 Å². The van der Waals surface area contributed by atoms with Gasteiger partial charge >= 0.3 is 0 Å². The fourth-order valence-electron chi connectivity index (χ4n) is 1.97. The Kier molecular flexibility index (Phi) is 3.84. The average Bonchev–Trinajstić information content (AvgIpc) is 2.72. The van der Waals surface area contributed by atoms with Crippen molar-refractivity contribution < 1.29 is 12.8 Å². The van der Waals surface area contributed by atoms with Gasteiger partial charge in [0.1, 0.15) is 5.82 Å². The molecule has 1 aromatic heterocycles. The average molecular weight is 318 g/mol. The van der Waals surface area contributed by atoms with Crippen LogP contribution in [0.15, 0.2) is 23.4 Å². The van der Waals surface area contributed by atoms with Crippen LogP contribution in [0.5, 0.6) is 0 Å². The highest BCUT2D eigenvalue weighted by atomic mass is 35.7. The number of nitrogens with zero attached hydrogens (tertiary/aromatic N) is 3. The molecule has 0 aliphatic carbocycles. The third-order valence-corrected chi connectivity index (χ3v) is 3.96. The van der Waals surface area contributed by atoms with E-state index in [0.717, 1.165) is 0 Å². The van der Waals surface area contributed by atoms with Crippen molar-refractivity contribution in [2.45, 2.75) is 32.0 Å². The summed E-state index contributed by atoms with van der Waals surface area (Å²) in [7, 11) is 1.36. The molecular formula is C12H13ClFN3O2S. The van der Waals surface area contributed by atoms with E-state index in [-0.39, 0.29) is 17.0 Å². The maximum absolute atomic E-state index is 13.2. The van der Waals surface area contributed by atoms with E-state index in [1.165, 1.54) is 22.8 Å². The van der Waals surface area contributed by atoms with E-state index in [1.807, 2.05) is 0 Å². The van der Waals surface area contributed by atoms with Crippen molar-refractivity contribution in [2.75, 3.05) is 0 Å². The van der Waals surface area contributed by atoms with Gasteiger partial charge in [0.2, 0.25) is 0 Å². The molecule has 0 N–H and O–H groups in total. The minimum atomic E-state index is -4.00. The monoisotopic (exact) mass is 317 g/mol. The summed E-state index contributed by atoms with van der Waals surface area (Å²) in [6.07, 6.45) is 0. The summed E-state index contributed by atoms with van der Waals surface area (Å²) in [5.41, 5.74) is 1.25. The molecule has 1 aromatic carbocycles. The van der Waals surface area contributed by atoms with Crippen molar-refractivity contribution >= 4 is 19.7 Å². The van der Waals surface area contributed by atoms with Crippen molar-refractivity contribution in [1.29, 1.82) is 0 Å². The molecular weight excluding hydrogens is 305 g/mol. The molecule has 108 valence electrons. The normalized spacial score (nSPS) is 12.1. The second-order valence-corrected chi connectivity index (χ2v) is 7.13. The summed E-state index contributed by atoms with van der Waals surface area (Å²) in [4.78, 5) is 0. The van der Waals surface area contributed by atoms with Gasteiger partial charge in [-0.05, 0) is 44.5 Å². The Bertz CT molecular complexity index is 756. The van der Waals surface area contributed by atoms with E-state index in [0.29, 0.717) is 17.0 Å². The first kappa shape index (κ1) is 14.9. The maximum Gasteiger partial charge on any atom is 0.296 e. The Morgan fingerprint density at radius 3 is 2.45 bits per heavy atom. The zero-order valence-corrected chi connectivity index (χ0v) is 12.7. The highest BCUT2D eigenvalue weighted by molar-refractivity contribution is 8.13. The summed E-state index contributed by atoms with van der Waals surface area (Å²) < 4.78 is 37.6. The van der Waals surface area contributed by atoms with E-state index in [1.54, 1.807) is 20.8 Å². The van der Waals surface area contributed by atoms with E-state index in [9.17, 15) is 12.8 Å². The van der Waals surface area contributed by atoms with E-state index < -0.39 is 9.05 Å². The Morgan fingerprint density at radius 2 is 1.95 bits per heavy atom. The topological polar surface area (TPSA) is 64.8 Å². The fourth-order valence-corrected chi connectivity index (χ4v) is 2.96. The largest absolute Gasteiger partial charge is 0.296 e. The quantitative estimate of drug-likeness (QED) is 0.816. The van der Waals surface area contributed by atoms with Crippen molar-refractivity contribution in [1.82, 2.24) is 14.8 Å². The predicted octanol–water partition coefficient (Wildman–Crippen LogP) is 2.90. The zero-order valence-electron chi connectivity index (χ0n) is 11.1. The number of rotatable bonds is 3. The second kappa shape index (κ2) is 5.14. The van der Waals surface area contributed by atoms with Crippen LogP contribution in [0.1, 0.15) is 25.5 Å². The molecule has 0 saturated carbocycles. The van der Waals surface area contributed by atoms with Gasteiger partial charge in [0, 0.05) is 22.3 Å². The molecule has 20 heavy (non-hydrogen) atoms. The van der Waals surface area contributed by atoms with Gasteiger partial charge in [-0.15, -0.1) is 10.2 Å². The number of aryl methyl sites for hydroxylation is 1. The molecule has 1 heterocycles. The summed E-state index contributed by atoms with van der Waals surface area (Å²) in [5, 5.41) is 7.23. The van der Waals surface area contributed by atoms with Gasteiger partial charge < -0.3 is 0 Å². The van der Waals surface area contributed by atoms with Crippen LogP contribution in [0.2, 0.25) is 0 Å². The lowest BCUT2D eigenvalue weighted by atomic mass is 10.1. The van der Waals surface area contributed by atoms with Crippen molar-refractivity contribution in [3.63, 3.8) is 0 Å². The van der Waals surface area contributed by atoms with Gasteiger partial charge in [-0.1, -0.05) is 0 Å². The summed E-state index contributed by atoms with van der Waals surface area (Å²) in [5.74, 6) is -0.0243. The van der Waals surface area contributed by atoms with E-state index >= 15 is 0 Å². The lowest BCUT2D eigenvalue weighted by Crippen LogP contribution is -2.10. The van der Waals surface area contributed by atoms with Gasteiger partial charge in [-0.2, -0.15) is 0 Å². The third-order valence-electron chi connectivity index (χ3n) is 2.83. The smallest absolute Gasteiger partial charge is 0.294 e. The molecule has 0 amide bonds. The molecule has 0 saturated heterocycles. The van der Waals surface area contributed by atoms with Gasteiger partial charge in [0.15, 0.2) is 5.82 Å². The van der Waals surface area contributed by atoms with Crippen LogP contribution in [0.25, 0.3) is 11.4 Å². The van der Waals surface area contributed by atoms with Crippen LogP contribution < -0.4 is 0 Å². The number of aromatic nitrogens is 3. The Morgan fingerprint density at radius 1 is 1.30 bits per heavy atom. The Labute approximate surface area is 120 Å². The lowest BCUT2D eigenvalue weighted by Gasteiger charge is -2.13. The fraction of sp³-hybridized carbons (Fsp3) is 0.333. The molecule has 0 spiro atoms.